The molecule has 0 spiro atoms. The van der Waals surface area contributed by atoms with Gasteiger partial charge in [0.05, 0.1) is 12.6 Å². The molecule has 1 N–H and O–H groups in total. The maximum absolute atomic E-state index is 14.7. The van der Waals surface area contributed by atoms with Crippen LogP contribution in [-0.4, -0.2) is 47.3 Å². The Morgan fingerprint density at radius 3 is 2.13 bits per heavy atom. The Morgan fingerprint density at radius 2 is 1.55 bits per heavy atom. The summed E-state index contributed by atoms with van der Waals surface area (Å²) in [4.78, 5) is 81.0. The molecule has 5 unspecified atom stereocenters. The van der Waals surface area contributed by atoms with E-state index in [0.717, 1.165) is 44.1 Å². The number of carbonyl (C=O) groups is 6. The number of hydrogen-bond acceptors (Lipinski definition) is 8. The number of nitrogens with one attached hydrogen (secondary N) is 1. The first-order valence-corrected chi connectivity index (χ1v) is 20.3. The maximum Gasteiger partial charge on any atom is 0.201 e. The molecule has 2 aliphatic carbocycles. The fourth-order valence-corrected chi connectivity index (χ4v) is 8.63. The van der Waals surface area contributed by atoms with Gasteiger partial charge in [0.25, 0.3) is 0 Å². The van der Waals surface area contributed by atoms with Crippen molar-refractivity contribution in [2.75, 3.05) is 6.61 Å². The molecule has 1 aromatic carbocycles. The number of ketones is 6. The lowest BCUT2D eigenvalue weighted by Crippen LogP contribution is -2.47. The second kappa shape index (κ2) is 20.9. The molecule has 8 nitrogen and oxygen atoms in total. The second-order valence-electron chi connectivity index (χ2n) is 17.6. The summed E-state index contributed by atoms with van der Waals surface area (Å²) in [6.07, 6.45) is 7.68. The third-order valence-electron chi connectivity index (χ3n) is 11.2. The van der Waals surface area contributed by atoms with Crippen molar-refractivity contribution >= 4 is 34.7 Å². The molecule has 0 saturated heterocycles. The van der Waals surface area contributed by atoms with Crippen LogP contribution in [-0.2, 0) is 33.5 Å². The van der Waals surface area contributed by atoms with E-state index in [1.807, 2.05) is 25.1 Å². The maximum atomic E-state index is 14.7. The van der Waals surface area contributed by atoms with Gasteiger partial charge >= 0.3 is 0 Å². The number of rotatable bonds is 23. The van der Waals surface area contributed by atoms with Crippen molar-refractivity contribution in [3.8, 4) is 0 Å². The molecule has 8 heteroatoms. The first kappa shape index (κ1) is 44.0. The van der Waals surface area contributed by atoms with Crippen LogP contribution in [0, 0.1) is 40.9 Å². The van der Waals surface area contributed by atoms with E-state index in [1.54, 1.807) is 12.1 Å². The van der Waals surface area contributed by atoms with Crippen molar-refractivity contribution in [1.82, 2.24) is 5.32 Å². The molecule has 6 atom stereocenters. The van der Waals surface area contributed by atoms with Crippen molar-refractivity contribution in [2.45, 2.75) is 150 Å². The summed E-state index contributed by atoms with van der Waals surface area (Å²) in [5.41, 5.74) is 0.766. The fraction of sp³-hybridized carbons (Fsp3) is 0.689. The normalized spacial score (nSPS) is 21.0. The Labute approximate surface area is 319 Å². The first-order valence-electron chi connectivity index (χ1n) is 20.3. The Morgan fingerprint density at radius 1 is 0.906 bits per heavy atom. The molecule has 0 radical (unpaired) electrons. The summed E-state index contributed by atoms with van der Waals surface area (Å²) in [6.45, 7) is 18.6. The van der Waals surface area contributed by atoms with Crippen LogP contribution in [0.3, 0.4) is 0 Å². The monoisotopic (exact) mass is 733 g/mol. The van der Waals surface area contributed by atoms with E-state index < -0.39 is 41.3 Å². The average molecular weight is 734 g/mol. The van der Waals surface area contributed by atoms with Gasteiger partial charge in [0.2, 0.25) is 5.78 Å². The van der Waals surface area contributed by atoms with Gasteiger partial charge in [-0.05, 0) is 80.8 Å². The zero-order valence-electron chi connectivity index (χ0n) is 33.7. The highest BCUT2D eigenvalue weighted by Crippen LogP contribution is 2.45. The predicted molar refractivity (Wildman–Crippen MR) is 209 cm³/mol. The third kappa shape index (κ3) is 14.1. The van der Waals surface area contributed by atoms with Crippen LogP contribution in [0.1, 0.15) is 150 Å². The van der Waals surface area contributed by atoms with Crippen LogP contribution in [0.4, 0.5) is 0 Å². The minimum Gasteiger partial charge on any atom is -0.479 e. The highest BCUT2D eigenvalue weighted by molar-refractivity contribution is 6.38. The molecule has 3 rings (SSSR count). The zero-order chi connectivity index (χ0) is 39.3. The second-order valence-corrected chi connectivity index (χ2v) is 17.6. The van der Waals surface area contributed by atoms with Gasteiger partial charge in [0.1, 0.15) is 17.3 Å². The van der Waals surface area contributed by atoms with Gasteiger partial charge in [-0.1, -0.05) is 97.6 Å². The van der Waals surface area contributed by atoms with Gasteiger partial charge in [-0.25, -0.2) is 0 Å². The van der Waals surface area contributed by atoms with Crippen LogP contribution < -0.4 is 5.32 Å². The van der Waals surface area contributed by atoms with E-state index in [0.29, 0.717) is 44.1 Å². The highest BCUT2D eigenvalue weighted by Gasteiger charge is 2.47. The van der Waals surface area contributed by atoms with Gasteiger partial charge in [0.15, 0.2) is 17.4 Å². The summed E-state index contributed by atoms with van der Waals surface area (Å²) in [5, 5.41) is 3.36. The Hall–Kier alpha value is -3.42. The van der Waals surface area contributed by atoms with E-state index in [9.17, 15) is 28.8 Å². The molecule has 0 amide bonds. The van der Waals surface area contributed by atoms with Crippen molar-refractivity contribution in [3.05, 3.63) is 48.4 Å². The quantitative estimate of drug-likeness (QED) is 0.0874. The lowest BCUT2D eigenvalue weighted by molar-refractivity contribution is -0.141. The summed E-state index contributed by atoms with van der Waals surface area (Å²) >= 11 is 0. The van der Waals surface area contributed by atoms with E-state index >= 15 is 0 Å². The van der Waals surface area contributed by atoms with Crippen molar-refractivity contribution < 1.29 is 33.5 Å². The fourth-order valence-electron chi connectivity index (χ4n) is 8.63. The van der Waals surface area contributed by atoms with Gasteiger partial charge < -0.3 is 10.1 Å². The predicted octanol–water partition coefficient (Wildman–Crippen LogP) is 8.94. The molecule has 0 aromatic heterocycles. The smallest absolute Gasteiger partial charge is 0.201 e. The molecule has 0 heterocycles. The minimum atomic E-state index is -0.793. The van der Waals surface area contributed by atoms with Gasteiger partial charge in [0, 0.05) is 49.4 Å². The molecule has 2 aliphatic rings. The number of Topliss-reactive ketones (excluding diaryl/α,β-unsaturated/α-hetero) is 6. The lowest BCUT2D eigenvalue weighted by Gasteiger charge is -2.34. The highest BCUT2D eigenvalue weighted by atomic mass is 16.5. The summed E-state index contributed by atoms with van der Waals surface area (Å²) in [5.74, 6) is -3.16. The Balaban J connectivity index is 1.76. The van der Waals surface area contributed by atoms with Crippen LogP contribution in [0.15, 0.2) is 42.8 Å². The van der Waals surface area contributed by atoms with Crippen LogP contribution in [0.2, 0.25) is 0 Å². The van der Waals surface area contributed by atoms with Crippen molar-refractivity contribution in [3.63, 3.8) is 0 Å². The van der Waals surface area contributed by atoms with E-state index in [1.165, 1.54) is 6.92 Å². The topological polar surface area (TPSA) is 124 Å². The Bertz CT molecular complexity index is 1420. The van der Waals surface area contributed by atoms with Crippen molar-refractivity contribution in [2.24, 2.45) is 40.9 Å². The first-order chi connectivity index (χ1) is 25.0. The molecular formula is C45H67NO7. The van der Waals surface area contributed by atoms with Gasteiger partial charge in [-0.2, -0.15) is 0 Å². The molecule has 2 saturated carbocycles. The van der Waals surface area contributed by atoms with E-state index in [2.05, 4.69) is 46.5 Å². The van der Waals surface area contributed by atoms with E-state index in [-0.39, 0.29) is 66.1 Å². The molecule has 1 aromatic rings. The number of benzene rings is 1. The van der Waals surface area contributed by atoms with Crippen LogP contribution >= 0.6 is 0 Å². The lowest BCUT2D eigenvalue weighted by atomic mass is 9.75. The SMILES string of the molecule is C=C(NC(C(=O)C1CC(CC(C)(C)C)C[C@H]1C(=O)CC(CCC)C(=O)C(=O)CCC(=O)CC(C(C)=O)c1ccccc1)C1CCCCC1)OCC(C)C. The molecule has 294 valence electrons. The molecular weight excluding hydrogens is 666 g/mol. The standard InChI is InChI=1S/C45H67NO7/c1-9-16-35(43(51)40(49)22-21-36(48)26-37(30(4)47)33-17-12-10-13-18-33)25-41(50)38-23-32(27-45(6,7)8)24-39(38)44(52)42(34-19-14-11-15-20-34)46-31(5)53-28-29(2)3/h10,12-13,17-18,29,32,34-35,37-39,42,46H,5,9,11,14-16,19-28H2,1-4,6-8H3/t32?,35?,37?,38-,39?,42?/m1/s1. The van der Waals surface area contributed by atoms with Gasteiger partial charge in [-0.3, -0.25) is 28.8 Å². The van der Waals surface area contributed by atoms with Crippen LogP contribution in [0.5, 0.6) is 0 Å². The zero-order valence-corrected chi connectivity index (χ0v) is 33.7. The van der Waals surface area contributed by atoms with Gasteiger partial charge in [-0.15, -0.1) is 0 Å². The summed E-state index contributed by atoms with van der Waals surface area (Å²) in [7, 11) is 0. The molecule has 2 fully saturated rings. The van der Waals surface area contributed by atoms with Crippen molar-refractivity contribution in [1.29, 1.82) is 0 Å². The molecule has 0 aliphatic heterocycles. The average Bonchev–Trinajstić information content (AvgIpc) is 3.53. The molecule has 0 bridgehead atoms. The number of hydrogen-bond donors (Lipinski definition) is 1. The number of ether oxygens (including phenoxy) is 1. The van der Waals surface area contributed by atoms with Crippen LogP contribution in [0.25, 0.3) is 0 Å². The van der Waals surface area contributed by atoms with E-state index in [4.69, 9.17) is 4.74 Å². The minimum absolute atomic E-state index is 0.0201. The summed E-state index contributed by atoms with van der Waals surface area (Å²) in [6, 6.07) is 8.58. The number of carbonyl (C=O) groups excluding carboxylic acids is 6. The Kier molecular flexibility index (Phi) is 17.3. The largest absolute Gasteiger partial charge is 0.479 e. The summed E-state index contributed by atoms with van der Waals surface area (Å²) < 4.78 is 5.88. The molecule has 53 heavy (non-hydrogen) atoms. The third-order valence-corrected chi connectivity index (χ3v) is 11.2.